The van der Waals surface area contributed by atoms with Gasteiger partial charge in [0.05, 0.1) is 13.0 Å². The monoisotopic (exact) mass is 373 g/mol. The number of alkyl carbamates (subject to hydrolysis) is 1. The van der Waals surface area contributed by atoms with E-state index in [2.05, 4.69) is 10.6 Å². The predicted octanol–water partition coefficient (Wildman–Crippen LogP) is 0.849. The smallest absolute Gasteiger partial charge is 0.408 e. The fourth-order valence-corrected chi connectivity index (χ4v) is 2.06. The quantitative estimate of drug-likeness (QED) is 0.512. The van der Waals surface area contributed by atoms with Gasteiger partial charge in [-0.1, -0.05) is 13.8 Å². The van der Waals surface area contributed by atoms with Crippen LogP contribution in [0, 0.1) is 5.92 Å². The number of carbonyl (C=O) groups excluding carboxylic acids is 4. The molecule has 150 valence electrons. The number of nitrogens with two attached hydrogens (primary N) is 1. The van der Waals surface area contributed by atoms with Crippen molar-refractivity contribution >= 4 is 23.9 Å². The van der Waals surface area contributed by atoms with Crippen LogP contribution in [0.3, 0.4) is 0 Å². The predicted molar refractivity (Wildman–Crippen MR) is 95.0 cm³/mol. The molecule has 0 saturated heterocycles. The van der Waals surface area contributed by atoms with Crippen LogP contribution in [0.1, 0.15) is 54.4 Å². The molecule has 0 bridgehead atoms. The van der Waals surface area contributed by atoms with Crippen LogP contribution < -0.4 is 16.4 Å². The number of esters is 1. The minimum atomic E-state index is -1.26. The third kappa shape index (κ3) is 10.5. The topological polar surface area (TPSA) is 137 Å². The summed E-state index contributed by atoms with van der Waals surface area (Å²) in [6.07, 6.45) is -0.946. The Morgan fingerprint density at radius 2 is 1.62 bits per heavy atom. The molecule has 3 amide bonds. The van der Waals surface area contributed by atoms with Crippen LogP contribution in [0.5, 0.6) is 0 Å². The lowest BCUT2D eigenvalue weighted by molar-refractivity contribution is -0.148. The number of nitrogens with one attached hydrogen (secondary N) is 2. The SMILES string of the molecule is CCOC(=O)[C@H](CC(C)C)NC(=O)[C@H](CC(N)=O)NC(=O)OC(C)(C)C. The van der Waals surface area contributed by atoms with Crippen molar-refractivity contribution < 1.29 is 28.7 Å². The summed E-state index contributed by atoms with van der Waals surface area (Å²) in [5, 5.41) is 4.82. The first kappa shape index (κ1) is 23.7. The molecule has 0 fully saturated rings. The molecular weight excluding hydrogens is 342 g/mol. The Bertz CT molecular complexity index is 513. The van der Waals surface area contributed by atoms with Crippen LogP contribution in [0.15, 0.2) is 0 Å². The number of ether oxygens (including phenoxy) is 2. The maximum atomic E-state index is 12.5. The molecule has 9 heteroatoms. The zero-order chi connectivity index (χ0) is 20.5. The van der Waals surface area contributed by atoms with Gasteiger partial charge in [0.15, 0.2) is 0 Å². The van der Waals surface area contributed by atoms with E-state index < -0.39 is 48.0 Å². The van der Waals surface area contributed by atoms with Crippen molar-refractivity contribution in [2.24, 2.45) is 11.7 Å². The Labute approximate surface area is 154 Å². The van der Waals surface area contributed by atoms with Crippen LogP contribution in [0.2, 0.25) is 0 Å². The molecule has 0 aliphatic heterocycles. The molecule has 4 N–H and O–H groups in total. The Kier molecular flexibility index (Phi) is 9.67. The highest BCUT2D eigenvalue weighted by atomic mass is 16.6. The summed E-state index contributed by atoms with van der Waals surface area (Å²) in [7, 11) is 0. The van der Waals surface area contributed by atoms with Crippen LogP contribution in [-0.4, -0.2) is 48.2 Å². The second-order valence-electron chi connectivity index (χ2n) is 7.31. The summed E-state index contributed by atoms with van der Waals surface area (Å²) in [5.41, 5.74) is 4.38. The number of hydrogen-bond acceptors (Lipinski definition) is 6. The van der Waals surface area contributed by atoms with Gasteiger partial charge in [-0.3, -0.25) is 9.59 Å². The molecule has 0 saturated carbocycles. The first-order valence-electron chi connectivity index (χ1n) is 8.60. The number of carbonyl (C=O) groups is 4. The van der Waals surface area contributed by atoms with Gasteiger partial charge >= 0.3 is 12.1 Å². The number of hydrogen-bond donors (Lipinski definition) is 3. The van der Waals surface area contributed by atoms with Gasteiger partial charge in [-0.05, 0) is 40.0 Å². The number of amides is 3. The number of rotatable bonds is 9. The van der Waals surface area contributed by atoms with Crippen molar-refractivity contribution in [1.82, 2.24) is 10.6 Å². The van der Waals surface area contributed by atoms with E-state index in [0.29, 0.717) is 6.42 Å². The average molecular weight is 373 g/mol. The molecule has 9 nitrogen and oxygen atoms in total. The van der Waals surface area contributed by atoms with E-state index in [0.717, 1.165) is 0 Å². The maximum absolute atomic E-state index is 12.5. The van der Waals surface area contributed by atoms with Gasteiger partial charge in [0.1, 0.15) is 17.7 Å². The fourth-order valence-electron chi connectivity index (χ4n) is 2.06. The van der Waals surface area contributed by atoms with Crippen LogP contribution >= 0.6 is 0 Å². The van der Waals surface area contributed by atoms with Gasteiger partial charge in [-0.15, -0.1) is 0 Å². The van der Waals surface area contributed by atoms with Crippen molar-refractivity contribution in [3.05, 3.63) is 0 Å². The van der Waals surface area contributed by atoms with Gasteiger partial charge in [-0.25, -0.2) is 9.59 Å². The third-order valence-corrected chi connectivity index (χ3v) is 3.01. The van der Waals surface area contributed by atoms with Crippen molar-refractivity contribution in [3.8, 4) is 0 Å². The van der Waals surface area contributed by atoms with Crippen LogP contribution in [0.4, 0.5) is 4.79 Å². The summed E-state index contributed by atoms with van der Waals surface area (Å²) < 4.78 is 10.0. The molecule has 0 rings (SSSR count). The van der Waals surface area contributed by atoms with E-state index >= 15 is 0 Å². The molecule has 26 heavy (non-hydrogen) atoms. The van der Waals surface area contributed by atoms with Gasteiger partial charge < -0.3 is 25.8 Å². The van der Waals surface area contributed by atoms with Gasteiger partial charge in [-0.2, -0.15) is 0 Å². The first-order valence-corrected chi connectivity index (χ1v) is 8.60. The van der Waals surface area contributed by atoms with E-state index in [1.807, 2.05) is 13.8 Å². The summed E-state index contributed by atoms with van der Waals surface area (Å²) in [6.45, 7) is 10.6. The molecule has 0 aromatic heterocycles. The Morgan fingerprint density at radius 1 is 1.04 bits per heavy atom. The van der Waals surface area contributed by atoms with E-state index in [1.165, 1.54) is 0 Å². The third-order valence-electron chi connectivity index (χ3n) is 3.01. The Hall–Kier alpha value is -2.32. The fraction of sp³-hybridized carbons (Fsp3) is 0.765. The highest BCUT2D eigenvalue weighted by Crippen LogP contribution is 2.09. The molecule has 0 aromatic rings. The Morgan fingerprint density at radius 3 is 2.04 bits per heavy atom. The van der Waals surface area contributed by atoms with Crippen LogP contribution in [-0.2, 0) is 23.9 Å². The lowest BCUT2D eigenvalue weighted by Gasteiger charge is -2.25. The van der Waals surface area contributed by atoms with Crippen molar-refractivity contribution in [2.75, 3.05) is 6.61 Å². The first-order chi connectivity index (χ1) is 11.9. The van der Waals surface area contributed by atoms with Gasteiger partial charge in [0.25, 0.3) is 0 Å². The highest BCUT2D eigenvalue weighted by Gasteiger charge is 2.30. The molecule has 0 aliphatic carbocycles. The average Bonchev–Trinajstić information content (AvgIpc) is 2.42. The van der Waals surface area contributed by atoms with Gasteiger partial charge in [0.2, 0.25) is 11.8 Å². The molecular formula is C17H31N3O6. The van der Waals surface area contributed by atoms with Gasteiger partial charge in [0, 0.05) is 0 Å². The van der Waals surface area contributed by atoms with E-state index in [-0.39, 0.29) is 12.5 Å². The second-order valence-corrected chi connectivity index (χ2v) is 7.31. The molecule has 0 spiro atoms. The largest absolute Gasteiger partial charge is 0.464 e. The molecule has 0 aliphatic rings. The summed E-state index contributed by atoms with van der Waals surface area (Å²) in [5.74, 6) is -1.96. The molecule has 0 unspecified atom stereocenters. The number of primary amides is 1. The molecule has 2 atom stereocenters. The second kappa shape index (κ2) is 10.6. The summed E-state index contributed by atoms with van der Waals surface area (Å²) in [4.78, 5) is 47.6. The summed E-state index contributed by atoms with van der Waals surface area (Å²) in [6, 6.07) is -2.15. The normalized spacial score (nSPS) is 13.5. The van der Waals surface area contributed by atoms with Crippen molar-refractivity contribution in [1.29, 1.82) is 0 Å². The van der Waals surface area contributed by atoms with E-state index in [1.54, 1.807) is 27.7 Å². The minimum absolute atomic E-state index is 0.109. The zero-order valence-corrected chi connectivity index (χ0v) is 16.4. The molecule has 0 aromatic carbocycles. The van der Waals surface area contributed by atoms with E-state index in [4.69, 9.17) is 15.2 Å². The summed E-state index contributed by atoms with van der Waals surface area (Å²) >= 11 is 0. The lowest BCUT2D eigenvalue weighted by atomic mass is 10.0. The standard InChI is InChI=1S/C17H31N3O6/c1-7-25-15(23)12(8-10(2)3)19-14(22)11(9-13(18)21)20-16(24)26-17(4,5)6/h10-12H,7-9H2,1-6H3,(H2,18,21)(H,19,22)(H,20,24)/t11-,12-/m0/s1. The van der Waals surface area contributed by atoms with Crippen molar-refractivity contribution in [3.63, 3.8) is 0 Å². The van der Waals surface area contributed by atoms with E-state index in [9.17, 15) is 19.2 Å². The maximum Gasteiger partial charge on any atom is 0.408 e. The lowest BCUT2D eigenvalue weighted by Crippen LogP contribution is -2.54. The minimum Gasteiger partial charge on any atom is -0.464 e. The molecule has 0 radical (unpaired) electrons. The highest BCUT2D eigenvalue weighted by molar-refractivity contribution is 5.92. The molecule has 0 heterocycles. The Balaban J connectivity index is 5.15. The van der Waals surface area contributed by atoms with Crippen molar-refractivity contribution in [2.45, 2.75) is 72.1 Å². The zero-order valence-electron chi connectivity index (χ0n) is 16.4. The van der Waals surface area contributed by atoms with Crippen LogP contribution in [0.25, 0.3) is 0 Å².